The zero-order valence-corrected chi connectivity index (χ0v) is 11.2. The van der Waals surface area contributed by atoms with Crippen molar-refractivity contribution in [1.82, 2.24) is 0 Å². The van der Waals surface area contributed by atoms with Crippen LogP contribution in [0.3, 0.4) is 0 Å². The van der Waals surface area contributed by atoms with Crippen LogP contribution in [-0.2, 0) is 9.53 Å². The number of rotatable bonds is 8. The first-order chi connectivity index (χ1) is 9.19. The molecule has 1 N–H and O–H groups in total. The molecule has 0 aliphatic heterocycles. The molecule has 1 unspecified atom stereocenters. The van der Waals surface area contributed by atoms with Crippen LogP contribution in [0, 0.1) is 5.92 Å². The second-order valence-corrected chi connectivity index (χ2v) is 4.41. The number of benzene rings is 1. The number of methoxy groups -OCH3 is 1. The predicted molar refractivity (Wildman–Crippen MR) is 71.8 cm³/mol. The van der Waals surface area contributed by atoms with Crippen molar-refractivity contribution in [3.63, 3.8) is 0 Å². The van der Waals surface area contributed by atoms with Crippen molar-refractivity contribution in [3.05, 3.63) is 35.9 Å². The van der Waals surface area contributed by atoms with Gasteiger partial charge in [0.25, 0.3) is 0 Å². The normalized spacial score (nSPS) is 11.9. The second-order valence-electron chi connectivity index (χ2n) is 4.41. The Hall–Kier alpha value is -1.68. The molecule has 0 saturated heterocycles. The maximum atomic E-state index is 12.3. The van der Waals surface area contributed by atoms with Crippen molar-refractivity contribution < 1.29 is 19.4 Å². The maximum Gasteiger partial charge on any atom is 0.305 e. The van der Waals surface area contributed by atoms with Crippen LogP contribution in [0.5, 0.6) is 0 Å². The van der Waals surface area contributed by atoms with Crippen LogP contribution in [0.1, 0.15) is 36.0 Å². The van der Waals surface area contributed by atoms with Gasteiger partial charge in [-0.15, -0.1) is 0 Å². The SMILES string of the molecule is COC(=O)CCCC(CCO)C(=O)c1ccccc1. The lowest BCUT2D eigenvalue weighted by Gasteiger charge is -2.14. The van der Waals surface area contributed by atoms with Gasteiger partial charge in [0.05, 0.1) is 7.11 Å². The number of hydrogen-bond donors (Lipinski definition) is 1. The zero-order valence-electron chi connectivity index (χ0n) is 11.2. The number of Topliss-reactive ketones (excluding diaryl/α,β-unsaturated/α-hetero) is 1. The average Bonchev–Trinajstić information content (AvgIpc) is 2.46. The smallest absolute Gasteiger partial charge is 0.305 e. The van der Waals surface area contributed by atoms with Gasteiger partial charge in [-0.05, 0) is 19.3 Å². The topological polar surface area (TPSA) is 63.6 Å². The number of aliphatic hydroxyl groups is 1. The lowest BCUT2D eigenvalue weighted by molar-refractivity contribution is -0.140. The molecule has 19 heavy (non-hydrogen) atoms. The van der Waals surface area contributed by atoms with Gasteiger partial charge in [-0.1, -0.05) is 30.3 Å². The van der Waals surface area contributed by atoms with E-state index in [4.69, 9.17) is 5.11 Å². The third-order valence-corrected chi connectivity index (χ3v) is 3.07. The highest BCUT2D eigenvalue weighted by Crippen LogP contribution is 2.18. The lowest BCUT2D eigenvalue weighted by atomic mass is 9.90. The first-order valence-electron chi connectivity index (χ1n) is 6.46. The molecular formula is C15H20O4. The van der Waals surface area contributed by atoms with Crippen LogP contribution in [0.15, 0.2) is 30.3 Å². The molecule has 0 aliphatic rings. The molecule has 1 atom stereocenters. The Balaban J connectivity index is 2.56. The van der Waals surface area contributed by atoms with E-state index in [0.29, 0.717) is 31.2 Å². The van der Waals surface area contributed by atoms with E-state index in [2.05, 4.69) is 4.74 Å². The molecule has 0 heterocycles. The molecular weight excluding hydrogens is 244 g/mol. The number of ketones is 1. The van der Waals surface area contributed by atoms with Gasteiger partial charge in [0, 0.05) is 24.5 Å². The monoisotopic (exact) mass is 264 g/mol. The van der Waals surface area contributed by atoms with Crippen molar-refractivity contribution in [1.29, 1.82) is 0 Å². The number of hydrogen-bond acceptors (Lipinski definition) is 4. The Labute approximate surface area is 113 Å². The Morgan fingerprint density at radius 2 is 1.89 bits per heavy atom. The molecule has 0 bridgehead atoms. The molecule has 0 saturated carbocycles. The third-order valence-electron chi connectivity index (χ3n) is 3.07. The van der Waals surface area contributed by atoms with Gasteiger partial charge in [-0.25, -0.2) is 0 Å². The second kappa shape index (κ2) is 8.43. The lowest BCUT2D eigenvalue weighted by Crippen LogP contribution is -2.17. The van der Waals surface area contributed by atoms with Gasteiger partial charge in [-0.2, -0.15) is 0 Å². The number of esters is 1. The number of ether oxygens (including phenoxy) is 1. The highest BCUT2D eigenvalue weighted by molar-refractivity contribution is 5.97. The summed E-state index contributed by atoms with van der Waals surface area (Å²) in [6, 6.07) is 9.03. The summed E-state index contributed by atoms with van der Waals surface area (Å²) < 4.78 is 4.56. The molecule has 0 aromatic heterocycles. The standard InChI is InChI=1S/C15H20O4/c1-19-14(17)9-5-8-13(10-11-16)15(18)12-6-3-2-4-7-12/h2-4,6-7,13,16H,5,8-11H2,1H3. The molecule has 0 fully saturated rings. The minimum atomic E-state index is -0.269. The number of aliphatic hydroxyl groups excluding tert-OH is 1. The van der Waals surface area contributed by atoms with E-state index in [1.54, 1.807) is 12.1 Å². The van der Waals surface area contributed by atoms with Gasteiger partial charge in [0.2, 0.25) is 0 Å². The molecule has 1 aromatic rings. The number of carbonyl (C=O) groups is 2. The van der Waals surface area contributed by atoms with Crippen LogP contribution >= 0.6 is 0 Å². The zero-order chi connectivity index (χ0) is 14.1. The summed E-state index contributed by atoms with van der Waals surface area (Å²) in [6.45, 7) is -0.0263. The Bertz CT molecular complexity index is 400. The Morgan fingerprint density at radius 1 is 1.21 bits per heavy atom. The summed E-state index contributed by atoms with van der Waals surface area (Å²) in [4.78, 5) is 23.3. The van der Waals surface area contributed by atoms with Gasteiger partial charge >= 0.3 is 5.97 Å². The number of carbonyl (C=O) groups excluding carboxylic acids is 2. The summed E-state index contributed by atoms with van der Waals surface area (Å²) in [5, 5.41) is 9.04. The molecule has 0 amide bonds. The predicted octanol–water partition coefficient (Wildman–Crippen LogP) is 2.21. The fourth-order valence-corrected chi connectivity index (χ4v) is 2.00. The van der Waals surface area contributed by atoms with E-state index < -0.39 is 0 Å². The average molecular weight is 264 g/mol. The van der Waals surface area contributed by atoms with Gasteiger partial charge in [-0.3, -0.25) is 9.59 Å². The van der Waals surface area contributed by atoms with Gasteiger partial charge < -0.3 is 9.84 Å². The summed E-state index contributed by atoms with van der Waals surface area (Å²) in [7, 11) is 1.35. The summed E-state index contributed by atoms with van der Waals surface area (Å²) in [5.74, 6) is -0.480. The minimum absolute atomic E-state index is 0.0263. The van der Waals surface area contributed by atoms with Crippen molar-refractivity contribution >= 4 is 11.8 Å². The third kappa shape index (κ3) is 5.22. The van der Waals surface area contributed by atoms with Gasteiger partial charge in [0.1, 0.15) is 0 Å². The van der Waals surface area contributed by atoms with Crippen molar-refractivity contribution in [2.45, 2.75) is 25.7 Å². The summed E-state index contributed by atoms with van der Waals surface area (Å²) >= 11 is 0. The van der Waals surface area contributed by atoms with Gasteiger partial charge in [0.15, 0.2) is 5.78 Å². The van der Waals surface area contributed by atoms with E-state index in [1.165, 1.54) is 7.11 Å². The fraction of sp³-hybridized carbons (Fsp3) is 0.467. The molecule has 0 aliphatic carbocycles. The first-order valence-corrected chi connectivity index (χ1v) is 6.46. The van der Waals surface area contributed by atoms with Crippen LogP contribution in [-0.4, -0.2) is 30.6 Å². The highest BCUT2D eigenvalue weighted by Gasteiger charge is 2.19. The quantitative estimate of drug-likeness (QED) is 0.577. The van der Waals surface area contributed by atoms with E-state index in [1.807, 2.05) is 18.2 Å². The maximum absolute atomic E-state index is 12.3. The van der Waals surface area contributed by atoms with E-state index in [9.17, 15) is 9.59 Å². The van der Waals surface area contributed by atoms with Crippen LogP contribution in [0.2, 0.25) is 0 Å². The van der Waals surface area contributed by atoms with Crippen LogP contribution < -0.4 is 0 Å². The van der Waals surface area contributed by atoms with E-state index in [0.717, 1.165) is 0 Å². The molecule has 0 radical (unpaired) electrons. The summed E-state index contributed by atoms with van der Waals surface area (Å²) in [6.07, 6.45) is 1.91. The Kier molecular flexibility index (Phi) is 6.82. The van der Waals surface area contributed by atoms with E-state index in [-0.39, 0.29) is 24.3 Å². The molecule has 4 nitrogen and oxygen atoms in total. The van der Waals surface area contributed by atoms with Crippen molar-refractivity contribution in [3.8, 4) is 0 Å². The fourth-order valence-electron chi connectivity index (χ4n) is 2.00. The Morgan fingerprint density at radius 3 is 2.47 bits per heavy atom. The van der Waals surface area contributed by atoms with Crippen LogP contribution in [0.25, 0.3) is 0 Å². The minimum Gasteiger partial charge on any atom is -0.469 e. The van der Waals surface area contributed by atoms with Crippen molar-refractivity contribution in [2.75, 3.05) is 13.7 Å². The molecule has 4 heteroatoms. The van der Waals surface area contributed by atoms with Crippen molar-refractivity contribution in [2.24, 2.45) is 5.92 Å². The molecule has 1 rings (SSSR count). The largest absolute Gasteiger partial charge is 0.469 e. The van der Waals surface area contributed by atoms with Crippen LogP contribution in [0.4, 0.5) is 0 Å². The summed E-state index contributed by atoms with van der Waals surface area (Å²) in [5.41, 5.74) is 0.652. The van der Waals surface area contributed by atoms with E-state index >= 15 is 0 Å². The first kappa shape index (κ1) is 15.4. The molecule has 0 spiro atoms. The molecule has 1 aromatic carbocycles. The molecule has 104 valence electrons. The highest BCUT2D eigenvalue weighted by atomic mass is 16.5.